The number of rotatable bonds is 5. The van der Waals surface area contributed by atoms with E-state index in [9.17, 15) is 18.4 Å². The number of halogens is 3. The molecule has 1 aliphatic heterocycles. The van der Waals surface area contributed by atoms with E-state index in [-0.39, 0.29) is 12.0 Å². The molecule has 2 atom stereocenters. The highest BCUT2D eigenvalue weighted by molar-refractivity contribution is 9.10. The van der Waals surface area contributed by atoms with E-state index in [1.165, 1.54) is 6.07 Å². The lowest BCUT2D eigenvalue weighted by Gasteiger charge is -2.29. The minimum Gasteiger partial charge on any atom is -0.493 e. The van der Waals surface area contributed by atoms with E-state index in [1.807, 2.05) is 18.2 Å². The second kappa shape index (κ2) is 8.90. The average molecular weight is 467 g/mol. The molecule has 2 aromatic rings. The van der Waals surface area contributed by atoms with E-state index >= 15 is 0 Å². The molecule has 0 fully saturated rings. The first-order chi connectivity index (χ1) is 13.8. The highest BCUT2D eigenvalue weighted by Crippen LogP contribution is 2.34. The van der Waals surface area contributed by atoms with Crippen LogP contribution in [0, 0.1) is 17.6 Å². The van der Waals surface area contributed by atoms with Crippen molar-refractivity contribution in [3.8, 4) is 5.75 Å². The summed E-state index contributed by atoms with van der Waals surface area (Å²) in [5.74, 6) is -2.96. The first kappa shape index (κ1) is 21.2. The third-order valence-corrected chi connectivity index (χ3v) is 5.25. The largest absolute Gasteiger partial charge is 0.493 e. The summed E-state index contributed by atoms with van der Waals surface area (Å²) in [6.07, 6.45) is 0.565. The SMILES string of the molecule is CC(C)[C@H](NC(=O)c1c(F)cccc1F)C(=O)NC1CCOc2ccc(Br)cc21. The van der Waals surface area contributed by atoms with Gasteiger partial charge in [-0.25, -0.2) is 8.78 Å². The van der Waals surface area contributed by atoms with E-state index in [2.05, 4.69) is 26.6 Å². The van der Waals surface area contributed by atoms with Crippen LogP contribution in [0.2, 0.25) is 0 Å². The summed E-state index contributed by atoms with van der Waals surface area (Å²) in [5.41, 5.74) is 0.124. The molecular weight excluding hydrogens is 446 g/mol. The first-order valence-corrected chi connectivity index (χ1v) is 10.0. The Balaban J connectivity index is 1.78. The van der Waals surface area contributed by atoms with Gasteiger partial charge in [0.25, 0.3) is 5.91 Å². The maximum atomic E-state index is 13.9. The lowest BCUT2D eigenvalue weighted by atomic mass is 9.98. The number of ether oxygens (including phenoxy) is 1. The van der Waals surface area contributed by atoms with E-state index in [0.717, 1.165) is 22.2 Å². The van der Waals surface area contributed by atoms with Gasteiger partial charge in [0, 0.05) is 16.5 Å². The molecule has 2 N–H and O–H groups in total. The highest BCUT2D eigenvalue weighted by atomic mass is 79.9. The molecular formula is C21H21BrF2N2O3. The van der Waals surface area contributed by atoms with Crippen molar-refractivity contribution in [2.24, 2.45) is 5.92 Å². The van der Waals surface area contributed by atoms with Crippen molar-refractivity contribution >= 4 is 27.7 Å². The van der Waals surface area contributed by atoms with Crippen molar-refractivity contribution in [2.45, 2.75) is 32.4 Å². The van der Waals surface area contributed by atoms with Gasteiger partial charge in [0.2, 0.25) is 5.91 Å². The van der Waals surface area contributed by atoms with Crippen LogP contribution in [0.4, 0.5) is 8.78 Å². The maximum absolute atomic E-state index is 13.9. The molecule has 3 rings (SSSR count). The molecule has 2 amide bonds. The quantitative estimate of drug-likeness (QED) is 0.696. The predicted octanol–water partition coefficient (Wildman–Crippen LogP) is 4.12. The minimum atomic E-state index is -0.978. The molecule has 0 radical (unpaired) electrons. The molecule has 0 saturated carbocycles. The standard InChI is InChI=1S/C21H21BrF2N2O3/c1-11(2)19(26-20(27)18-14(23)4-3-5-15(18)24)21(28)25-16-8-9-29-17-7-6-12(22)10-13(16)17/h3-7,10-11,16,19H,8-9H2,1-2H3,(H,25,28)(H,26,27)/t16?,19-/m0/s1. The molecule has 154 valence electrons. The Morgan fingerprint density at radius 2 is 1.86 bits per heavy atom. The predicted molar refractivity (Wildman–Crippen MR) is 108 cm³/mol. The summed E-state index contributed by atoms with van der Waals surface area (Å²) in [5, 5.41) is 5.40. The summed E-state index contributed by atoms with van der Waals surface area (Å²) in [6.45, 7) is 3.94. The molecule has 1 aliphatic rings. The Labute approximate surface area is 176 Å². The fourth-order valence-corrected chi connectivity index (χ4v) is 3.62. The average Bonchev–Trinajstić information content (AvgIpc) is 2.66. The van der Waals surface area contributed by atoms with Gasteiger partial charge in [0.15, 0.2) is 0 Å². The topological polar surface area (TPSA) is 67.4 Å². The van der Waals surface area contributed by atoms with Gasteiger partial charge in [-0.05, 0) is 36.2 Å². The Hall–Kier alpha value is -2.48. The molecule has 0 bridgehead atoms. The summed E-state index contributed by atoms with van der Waals surface area (Å²) < 4.78 is 34.3. The summed E-state index contributed by atoms with van der Waals surface area (Å²) >= 11 is 3.41. The van der Waals surface area contributed by atoms with Gasteiger partial charge in [0.05, 0.1) is 12.6 Å². The summed E-state index contributed by atoms with van der Waals surface area (Å²) in [4.78, 5) is 25.4. The number of carbonyl (C=O) groups excluding carboxylic acids is 2. The van der Waals surface area contributed by atoms with Crippen molar-refractivity contribution < 1.29 is 23.1 Å². The zero-order valence-corrected chi connectivity index (χ0v) is 17.6. The van der Waals surface area contributed by atoms with Crippen molar-refractivity contribution in [3.05, 3.63) is 63.6 Å². The van der Waals surface area contributed by atoms with Gasteiger partial charge in [0.1, 0.15) is 29.0 Å². The number of carbonyl (C=O) groups is 2. The van der Waals surface area contributed by atoms with E-state index in [4.69, 9.17) is 4.74 Å². The number of fused-ring (bicyclic) bond motifs is 1. The van der Waals surface area contributed by atoms with Crippen LogP contribution in [-0.2, 0) is 4.79 Å². The van der Waals surface area contributed by atoms with Crippen LogP contribution in [0.3, 0.4) is 0 Å². The number of hydrogen-bond acceptors (Lipinski definition) is 3. The molecule has 2 aromatic carbocycles. The zero-order valence-electron chi connectivity index (χ0n) is 16.0. The molecule has 29 heavy (non-hydrogen) atoms. The van der Waals surface area contributed by atoms with Crippen molar-refractivity contribution in [1.29, 1.82) is 0 Å². The van der Waals surface area contributed by atoms with Gasteiger partial charge in [-0.15, -0.1) is 0 Å². The van der Waals surface area contributed by atoms with Crippen molar-refractivity contribution in [2.75, 3.05) is 6.61 Å². The van der Waals surface area contributed by atoms with E-state index in [1.54, 1.807) is 13.8 Å². The van der Waals surface area contributed by atoms with Gasteiger partial charge in [-0.2, -0.15) is 0 Å². The van der Waals surface area contributed by atoms with Gasteiger partial charge in [-0.3, -0.25) is 9.59 Å². The van der Waals surface area contributed by atoms with Crippen molar-refractivity contribution in [1.82, 2.24) is 10.6 Å². The lowest BCUT2D eigenvalue weighted by molar-refractivity contribution is -0.124. The zero-order chi connectivity index (χ0) is 21.1. The third-order valence-electron chi connectivity index (χ3n) is 4.75. The summed E-state index contributed by atoms with van der Waals surface area (Å²) in [6, 6.07) is 7.46. The molecule has 8 heteroatoms. The number of benzene rings is 2. The number of amides is 2. The third kappa shape index (κ3) is 4.75. The fraction of sp³-hybridized carbons (Fsp3) is 0.333. The minimum absolute atomic E-state index is 0.296. The Bertz CT molecular complexity index is 916. The van der Waals surface area contributed by atoms with E-state index < -0.39 is 35.1 Å². The smallest absolute Gasteiger partial charge is 0.257 e. The van der Waals surface area contributed by atoms with Crippen molar-refractivity contribution in [3.63, 3.8) is 0 Å². The number of nitrogens with one attached hydrogen (secondary N) is 2. The molecule has 0 aromatic heterocycles. The van der Waals surface area contributed by atoms with Crippen LogP contribution < -0.4 is 15.4 Å². The van der Waals surface area contributed by atoms with Gasteiger partial charge >= 0.3 is 0 Å². The van der Waals surface area contributed by atoms with E-state index in [0.29, 0.717) is 18.8 Å². The van der Waals surface area contributed by atoms with Crippen LogP contribution in [0.15, 0.2) is 40.9 Å². The normalized spacial score (nSPS) is 16.6. The monoisotopic (exact) mass is 466 g/mol. The summed E-state index contributed by atoms with van der Waals surface area (Å²) in [7, 11) is 0. The van der Waals surface area contributed by atoms with Crippen LogP contribution >= 0.6 is 15.9 Å². The highest BCUT2D eigenvalue weighted by Gasteiger charge is 2.30. The molecule has 0 aliphatic carbocycles. The molecule has 5 nitrogen and oxygen atoms in total. The second-order valence-corrected chi connectivity index (χ2v) is 8.09. The van der Waals surface area contributed by atoms with Crippen LogP contribution in [-0.4, -0.2) is 24.5 Å². The van der Waals surface area contributed by atoms with Crippen LogP contribution in [0.5, 0.6) is 5.75 Å². The van der Waals surface area contributed by atoms with Crippen LogP contribution in [0.1, 0.15) is 42.2 Å². The van der Waals surface area contributed by atoms with Crippen LogP contribution in [0.25, 0.3) is 0 Å². The maximum Gasteiger partial charge on any atom is 0.257 e. The Morgan fingerprint density at radius 1 is 1.17 bits per heavy atom. The Morgan fingerprint density at radius 3 is 2.52 bits per heavy atom. The lowest BCUT2D eigenvalue weighted by Crippen LogP contribution is -2.51. The Kier molecular flexibility index (Phi) is 6.52. The number of hydrogen-bond donors (Lipinski definition) is 2. The fourth-order valence-electron chi connectivity index (χ4n) is 3.24. The molecule has 0 saturated heterocycles. The van der Waals surface area contributed by atoms with Gasteiger partial charge < -0.3 is 15.4 Å². The molecule has 1 unspecified atom stereocenters. The second-order valence-electron chi connectivity index (χ2n) is 7.17. The molecule has 1 heterocycles. The first-order valence-electron chi connectivity index (χ1n) is 9.25. The molecule has 0 spiro atoms. The van der Waals surface area contributed by atoms with Gasteiger partial charge in [-0.1, -0.05) is 35.8 Å².